The number of ether oxygens (including phenoxy) is 1. The normalized spacial score (nSPS) is 10.9. The average Bonchev–Trinajstić information content (AvgIpc) is 2.52. The Balaban J connectivity index is 2.62. The maximum atomic E-state index is 12.4. The van der Waals surface area contributed by atoms with E-state index in [-0.39, 0.29) is 18.1 Å². The number of amides is 1. The average molecular weight is 335 g/mol. The van der Waals surface area contributed by atoms with Crippen LogP contribution < -0.4 is 4.74 Å². The lowest BCUT2D eigenvalue weighted by Gasteiger charge is -2.24. The Bertz CT molecular complexity index is 528. The van der Waals surface area contributed by atoms with Crippen LogP contribution in [-0.2, 0) is 4.79 Å². The van der Waals surface area contributed by atoms with Gasteiger partial charge < -0.3 is 14.7 Å². The topological polar surface area (TPSA) is 66.8 Å². The molecule has 0 radical (unpaired) electrons. The molecule has 5 nitrogen and oxygen atoms in total. The summed E-state index contributed by atoms with van der Waals surface area (Å²) in [6, 6.07) is 6.20. The fraction of sp³-hybridized carbons (Fsp3) is 0.579. The van der Waals surface area contributed by atoms with Gasteiger partial charge in [0.25, 0.3) is 5.91 Å². The van der Waals surface area contributed by atoms with Crippen molar-refractivity contribution >= 4 is 11.9 Å². The van der Waals surface area contributed by atoms with Crippen LogP contribution in [0.3, 0.4) is 0 Å². The molecule has 0 aliphatic heterocycles. The molecule has 0 spiro atoms. The van der Waals surface area contributed by atoms with E-state index in [9.17, 15) is 9.59 Å². The summed E-state index contributed by atoms with van der Waals surface area (Å²) < 4.78 is 5.50. The van der Waals surface area contributed by atoms with Crippen LogP contribution in [0.2, 0.25) is 0 Å². The van der Waals surface area contributed by atoms with Crippen LogP contribution in [0, 0.1) is 11.8 Å². The zero-order valence-corrected chi connectivity index (χ0v) is 15.1. The predicted molar refractivity (Wildman–Crippen MR) is 94.4 cm³/mol. The highest BCUT2D eigenvalue weighted by Crippen LogP contribution is 2.14. The van der Waals surface area contributed by atoms with Gasteiger partial charge in [-0.3, -0.25) is 4.79 Å². The summed E-state index contributed by atoms with van der Waals surface area (Å²) in [5, 5.41) is 8.99. The first-order valence-corrected chi connectivity index (χ1v) is 8.53. The first kappa shape index (κ1) is 20.0. The summed E-state index contributed by atoms with van der Waals surface area (Å²) in [6.07, 6.45) is 1.91. The van der Waals surface area contributed by atoms with Crippen molar-refractivity contribution in [1.82, 2.24) is 4.90 Å². The second-order valence-corrected chi connectivity index (χ2v) is 6.87. The van der Waals surface area contributed by atoms with E-state index in [2.05, 4.69) is 27.7 Å². The second kappa shape index (κ2) is 9.96. The Morgan fingerprint density at radius 2 is 1.67 bits per heavy atom. The predicted octanol–water partition coefficient (Wildman–Crippen LogP) is 3.68. The molecule has 0 unspecified atom stereocenters. The first-order valence-electron chi connectivity index (χ1n) is 8.53. The molecule has 0 fully saturated rings. The van der Waals surface area contributed by atoms with E-state index < -0.39 is 5.97 Å². The smallest absolute Gasteiger partial charge is 0.335 e. The summed E-state index contributed by atoms with van der Waals surface area (Å²) in [5.41, 5.74) is 0.149. The zero-order valence-electron chi connectivity index (χ0n) is 15.1. The number of aromatic carboxylic acids is 1. The molecule has 0 aromatic heterocycles. The lowest BCUT2D eigenvalue weighted by Crippen LogP contribution is -2.37. The van der Waals surface area contributed by atoms with Gasteiger partial charge in [-0.15, -0.1) is 0 Å². The largest absolute Gasteiger partial charge is 0.484 e. The van der Waals surface area contributed by atoms with Crippen molar-refractivity contribution in [2.24, 2.45) is 11.8 Å². The maximum absolute atomic E-state index is 12.4. The molecule has 0 aliphatic rings. The Labute approximate surface area is 144 Å². The van der Waals surface area contributed by atoms with E-state index in [0.717, 1.165) is 25.9 Å². The summed E-state index contributed by atoms with van der Waals surface area (Å²) in [6.45, 7) is 9.93. The molecule has 5 heteroatoms. The number of nitrogens with zero attached hydrogens (tertiary/aromatic N) is 1. The van der Waals surface area contributed by atoms with Gasteiger partial charge in [-0.05, 0) is 42.9 Å². The second-order valence-electron chi connectivity index (χ2n) is 6.87. The van der Waals surface area contributed by atoms with Gasteiger partial charge in [-0.25, -0.2) is 4.79 Å². The number of benzene rings is 1. The highest BCUT2D eigenvalue weighted by Gasteiger charge is 2.15. The Kier molecular flexibility index (Phi) is 8.30. The van der Waals surface area contributed by atoms with Crippen molar-refractivity contribution in [2.75, 3.05) is 19.7 Å². The summed E-state index contributed by atoms with van der Waals surface area (Å²) in [4.78, 5) is 25.3. The molecule has 0 heterocycles. The van der Waals surface area contributed by atoms with Gasteiger partial charge in [0.1, 0.15) is 5.75 Å². The van der Waals surface area contributed by atoms with Crippen LogP contribution in [0.4, 0.5) is 0 Å². The number of carboxylic acids is 1. The van der Waals surface area contributed by atoms with E-state index in [4.69, 9.17) is 9.84 Å². The van der Waals surface area contributed by atoms with Gasteiger partial charge in [0.15, 0.2) is 6.61 Å². The number of hydrogen-bond donors (Lipinski definition) is 1. The van der Waals surface area contributed by atoms with Crippen LogP contribution >= 0.6 is 0 Å². The lowest BCUT2D eigenvalue weighted by molar-refractivity contribution is -0.133. The molecule has 0 saturated heterocycles. The molecule has 134 valence electrons. The minimum atomic E-state index is -1.01. The van der Waals surface area contributed by atoms with Crippen LogP contribution in [0.5, 0.6) is 5.75 Å². The maximum Gasteiger partial charge on any atom is 0.335 e. The molecule has 1 aromatic carbocycles. The molecule has 1 amide bonds. The van der Waals surface area contributed by atoms with Crippen LogP contribution in [0.1, 0.15) is 50.9 Å². The third kappa shape index (κ3) is 7.49. The number of carboxylic acid groups (broad SMARTS) is 1. The number of hydrogen-bond acceptors (Lipinski definition) is 3. The molecule has 1 rings (SSSR count). The fourth-order valence-corrected chi connectivity index (χ4v) is 2.14. The standard InChI is InChI=1S/C19H29NO4/c1-14(2)8-10-20(11-9-15(3)4)18(21)13-24-17-7-5-6-16(12-17)19(22)23/h5-7,12,14-15H,8-11,13H2,1-4H3,(H,22,23). The molecule has 0 saturated carbocycles. The number of carbonyl (C=O) groups excluding carboxylic acids is 1. The van der Waals surface area contributed by atoms with Crippen molar-refractivity contribution in [2.45, 2.75) is 40.5 Å². The van der Waals surface area contributed by atoms with Gasteiger partial charge in [0, 0.05) is 13.1 Å². The zero-order chi connectivity index (χ0) is 18.1. The molecular formula is C19H29NO4. The molecule has 0 aliphatic carbocycles. The van der Waals surface area contributed by atoms with Crippen LogP contribution in [-0.4, -0.2) is 41.6 Å². The number of rotatable bonds is 10. The van der Waals surface area contributed by atoms with Crippen molar-refractivity contribution in [3.8, 4) is 5.75 Å². The fourth-order valence-electron chi connectivity index (χ4n) is 2.14. The van der Waals surface area contributed by atoms with Gasteiger partial charge in [-0.1, -0.05) is 33.8 Å². The Morgan fingerprint density at radius 3 is 2.17 bits per heavy atom. The van der Waals surface area contributed by atoms with Crippen LogP contribution in [0.25, 0.3) is 0 Å². The Morgan fingerprint density at radius 1 is 1.08 bits per heavy atom. The minimum Gasteiger partial charge on any atom is -0.484 e. The molecule has 1 N–H and O–H groups in total. The summed E-state index contributed by atoms with van der Waals surface area (Å²) >= 11 is 0. The quantitative estimate of drug-likeness (QED) is 0.708. The van der Waals surface area contributed by atoms with Crippen molar-refractivity contribution < 1.29 is 19.4 Å². The van der Waals surface area contributed by atoms with E-state index in [1.54, 1.807) is 12.1 Å². The SMILES string of the molecule is CC(C)CCN(CCC(C)C)C(=O)COc1cccc(C(=O)O)c1. The van der Waals surface area contributed by atoms with E-state index in [0.29, 0.717) is 17.6 Å². The third-order valence-electron chi connectivity index (χ3n) is 3.75. The molecule has 0 bridgehead atoms. The molecular weight excluding hydrogens is 306 g/mol. The molecule has 24 heavy (non-hydrogen) atoms. The highest BCUT2D eigenvalue weighted by atomic mass is 16.5. The van der Waals surface area contributed by atoms with Gasteiger partial charge in [0.05, 0.1) is 5.56 Å². The Hall–Kier alpha value is -2.04. The van der Waals surface area contributed by atoms with Gasteiger partial charge >= 0.3 is 5.97 Å². The monoisotopic (exact) mass is 335 g/mol. The van der Waals surface area contributed by atoms with Crippen LogP contribution in [0.15, 0.2) is 24.3 Å². The van der Waals surface area contributed by atoms with E-state index in [1.165, 1.54) is 12.1 Å². The van der Waals surface area contributed by atoms with Crippen molar-refractivity contribution in [3.63, 3.8) is 0 Å². The molecule has 1 aromatic rings. The molecule has 0 atom stereocenters. The van der Waals surface area contributed by atoms with E-state index in [1.807, 2.05) is 4.90 Å². The van der Waals surface area contributed by atoms with Gasteiger partial charge in [-0.2, -0.15) is 0 Å². The van der Waals surface area contributed by atoms with Gasteiger partial charge in [0.2, 0.25) is 0 Å². The summed E-state index contributed by atoms with van der Waals surface area (Å²) in [7, 11) is 0. The highest BCUT2D eigenvalue weighted by molar-refractivity contribution is 5.88. The number of carbonyl (C=O) groups is 2. The summed E-state index contributed by atoms with van der Waals surface area (Å²) in [5.74, 6) is 0.398. The first-order chi connectivity index (χ1) is 11.3. The van der Waals surface area contributed by atoms with E-state index >= 15 is 0 Å². The van der Waals surface area contributed by atoms with Crippen molar-refractivity contribution in [3.05, 3.63) is 29.8 Å². The lowest BCUT2D eigenvalue weighted by atomic mass is 10.1. The third-order valence-corrected chi connectivity index (χ3v) is 3.75. The minimum absolute atomic E-state index is 0.0583. The van der Waals surface area contributed by atoms with Crippen molar-refractivity contribution in [1.29, 1.82) is 0 Å².